The van der Waals surface area contributed by atoms with Crippen molar-refractivity contribution in [2.75, 3.05) is 5.43 Å². The Kier molecular flexibility index (Phi) is 4.76. The Labute approximate surface area is 151 Å². The number of hydrogen-bond acceptors (Lipinski definition) is 5. The van der Waals surface area contributed by atoms with Crippen LogP contribution in [-0.2, 0) is 6.18 Å². The zero-order chi connectivity index (χ0) is 19.4. The van der Waals surface area contributed by atoms with Crippen LogP contribution in [0.5, 0.6) is 0 Å². The number of anilines is 1. The molecule has 0 aliphatic carbocycles. The van der Waals surface area contributed by atoms with E-state index in [1.165, 1.54) is 30.9 Å². The molecule has 7 nitrogen and oxygen atoms in total. The molecule has 0 unspecified atom stereocenters. The maximum absolute atomic E-state index is 13.1. The van der Waals surface area contributed by atoms with Gasteiger partial charge in [0.1, 0.15) is 12.7 Å². The highest BCUT2D eigenvalue weighted by molar-refractivity contribution is 5.95. The molecular formula is C17H11F3N6O. The number of rotatable bonds is 4. The molecule has 0 aliphatic heterocycles. The fraction of sp³-hybridized carbons (Fsp3) is 0.0588. The average Bonchev–Trinajstić information content (AvgIpc) is 3.20. The van der Waals surface area contributed by atoms with E-state index in [-0.39, 0.29) is 16.8 Å². The Balaban J connectivity index is 1.73. The topological polar surface area (TPSA) is 95.6 Å². The lowest BCUT2D eigenvalue weighted by Gasteiger charge is -2.15. The van der Waals surface area contributed by atoms with Crippen LogP contribution in [0.4, 0.5) is 18.9 Å². The summed E-state index contributed by atoms with van der Waals surface area (Å²) in [5.41, 5.74) is 3.88. The molecule has 1 amide bonds. The minimum Gasteiger partial charge on any atom is -0.298 e. The van der Waals surface area contributed by atoms with Gasteiger partial charge in [-0.2, -0.15) is 18.4 Å². The zero-order valence-electron chi connectivity index (χ0n) is 13.5. The molecule has 0 radical (unpaired) electrons. The van der Waals surface area contributed by atoms with Gasteiger partial charge in [-0.15, -0.1) is 10.2 Å². The Morgan fingerprint density at radius 3 is 2.33 bits per heavy atom. The van der Waals surface area contributed by atoms with Crippen LogP contribution in [0, 0.1) is 11.3 Å². The van der Waals surface area contributed by atoms with Crippen molar-refractivity contribution in [1.82, 2.24) is 20.2 Å². The highest BCUT2D eigenvalue weighted by Gasteiger charge is 2.34. The summed E-state index contributed by atoms with van der Waals surface area (Å²) in [5.74, 6) is -0.622. The summed E-state index contributed by atoms with van der Waals surface area (Å²) < 4.78 is 41.0. The van der Waals surface area contributed by atoms with E-state index in [2.05, 4.69) is 21.0 Å². The second-order valence-corrected chi connectivity index (χ2v) is 5.37. The molecule has 0 fully saturated rings. The van der Waals surface area contributed by atoms with E-state index in [0.29, 0.717) is 6.07 Å². The molecule has 27 heavy (non-hydrogen) atoms. The maximum Gasteiger partial charge on any atom is 0.418 e. The van der Waals surface area contributed by atoms with Crippen molar-refractivity contribution in [2.45, 2.75) is 6.18 Å². The normalized spacial score (nSPS) is 10.9. The van der Waals surface area contributed by atoms with Gasteiger partial charge in [-0.25, -0.2) is 0 Å². The monoisotopic (exact) mass is 372 g/mol. The van der Waals surface area contributed by atoms with Crippen molar-refractivity contribution in [2.24, 2.45) is 0 Å². The van der Waals surface area contributed by atoms with Crippen LogP contribution in [0.2, 0.25) is 0 Å². The van der Waals surface area contributed by atoms with Crippen LogP contribution in [0.25, 0.3) is 5.69 Å². The van der Waals surface area contributed by atoms with Crippen molar-refractivity contribution in [3.63, 3.8) is 0 Å². The van der Waals surface area contributed by atoms with Crippen LogP contribution in [0.3, 0.4) is 0 Å². The summed E-state index contributed by atoms with van der Waals surface area (Å²) in [7, 11) is 0. The highest BCUT2D eigenvalue weighted by atomic mass is 19.4. The summed E-state index contributed by atoms with van der Waals surface area (Å²) in [6, 6.07) is 11.0. The largest absolute Gasteiger partial charge is 0.418 e. The first-order valence-electron chi connectivity index (χ1n) is 7.51. The number of carbonyl (C=O) groups excluding carboxylic acids is 1. The number of aromatic nitrogens is 3. The lowest BCUT2D eigenvalue weighted by molar-refractivity contribution is -0.137. The lowest BCUT2D eigenvalue weighted by atomic mass is 10.1. The predicted octanol–water partition coefficient (Wildman–Crippen LogP) is 2.91. The maximum atomic E-state index is 13.1. The standard InChI is InChI=1S/C17H11F3N6O/c18-17(19,20)14-7-11(8-21)1-6-15(14)24-25-16(27)12-2-4-13(5-3-12)26-9-22-23-10-26/h1-7,9-10,24H,(H,25,27). The van der Waals surface area contributed by atoms with Gasteiger partial charge in [0, 0.05) is 11.3 Å². The van der Waals surface area contributed by atoms with Crippen LogP contribution < -0.4 is 10.9 Å². The number of alkyl halides is 3. The van der Waals surface area contributed by atoms with Crippen LogP contribution in [-0.4, -0.2) is 20.7 Å². The van der Waals surface area contributed by atoms with E-state index < -0.39 is 17.6 Å². The predicted molar refractivity (Wildman–Crippen MR) is 88.6 cm³/mol. The van der Waals surface area contributed by atoms with Gasteiger partial charge < -0.3 is 0 Å². The van der Waals surface area contributed by atoms with Gasteiger partial charge in [0.05, 0.1) is 22.9 Å². The fourth-order valence-electron chi connectivity index (χ4n) is 2.27. The second-order valence-electron chi connectivity index (χ2n) is 5.37. The number of hydrogen-bond donors (Lipinski definition) is 2. The molecule has 1 heterocycles. The van der Waals surface area contributed by atoms with E-state index in [1.54, 1.807) is 22.8 Å². The van der Waals surface area contributed by atoms with Crippen molar-refractivity contribution >= 4 is 11.6 Å². The molecule has 3 aromatic rings. The van der Waals surface area contributed by atoms with Crippen molar-refractivity contribution in [1.29, 1.82) is 5.26 Å². The zero-order valence-corrected chi connectivity index (χ0v) is 13.5. The molecule has 0 saturated heterocycles. The van der Waals surface area contributed by atoms with Crippen molar-refractivity contribution in [3.05, 3.63) is 71.8 Å². The number of carbonyl (C=O) groups is 1. The SMILES string of the molecule is N#Cc1ccc(NNC(=O)c2ccc(-n3cnnc3)cc2)c(C(F)(F)F)c1. The number of nitrogens with zero attached hydrogens (tertiary/aromatic N) is 4. The van der Waals surface area contributed by atoms with Gasteiger partial charge in [-0.05, 0) is 42.5 Å². The number of amides is 1. The Hall–Kier alpha value is -3.87. The number of nitrogens with one attached hydrogen (secondary N) is 2. The quantitative estimate of drug-likeness (QED) is 0.687. The summed E-state index contributed by atoms with van der Waals surface area (Å²) in [6.45, 7) is 0. The molecule has 0 bridgehead atoms. The van der Waals surface area contributed by atoms with Crippen molar-refractivity contribution < 1.29 is 18.0 Å². The Morgan fingerprint density at radius 2 is 1.74 bits per heavy atom. The molecule has 0 atom stereocenters. The molecule has 2 aromatic carbocycles. The summed E-state index contributed by atoms with van der Waals surface area (Å²) >= 11 is 0. The van der Waals surface area contributed by atoms with E-state index in [9.17, 15) is 18.0 Å². The van der Waals surface area contributed by atoms with Crippen LogP contribution >= 0.6 is 0 Å². The van der Waals surface area contributed by atoms with E-state index in [4.69, 9.17) is 5.26 Å². The molecule has 1 aromatic heterocycles. The summed E-state index contributed by atoms with van der Waals surface area (Å²) in [5, 5.41) is 16.1. The van der Waals surface area contributed by atoms with Crippen LogP contribution in [0.15, 0.2) is 55.1 Å². The van der Waals surface area contributed by atoms with Crippen molar-refractivity contribution in [3.8, 4) is 11.8 Å². The average molecular weight is 372 g/mol. The molecule has 0 aliphatic rings. The van der Waals surface area contributed by atoms with Gasteiger partial charge in [0.15, 0.2) is 0 Å². The van der Waals surface area contributed by atoms with Gasteiger partial charge in [-0.1, -0.05) is 0 Å². The molecule has 0 saturated carbocycles. The first-order valence-corrected chi connectivity index (χ1v) is 7.51. The molecule has 10 heteroatoms. The molecule has 3 rings (SSSR count). The third kappa shape index (κ3) is 4.04. The Bertz CT molecular complexity index is 991. The minimum absolute atomic E-state index is 0.135. The third-order valence-corrected chi connectivity index (χ3v) is 3.61. The lowest BCUT2D eigenvalue weighted by Crippen LogP contribution is -2.30. The number of benzene rings is 2. The van der Waals surface area contributed by atoms with E-state index in [1.807, 2.05) is 0 Å². The van der Waals surface area contributed by atoms with E-state index >= 15 is 0 Å². The fourth-order valence-corrected chi connectivity index (χ4v) is 2.27. The smallest absolute Gasteiger partial charge is 0.298 e. The van der Waals surface area contributed by atoms with Gasteiger partial charge in [-0.3, -0.25) is 20.2 Å². The van der Waals surface area contributed by atoms with Crippen LogP contribution in [0.1, 0.15) is 21.5 Å². The highest BCUT2D eigenvalue weighted by Crippen LogP contribution is 2.35. The number of hydrazine groups is 1. The molecular weight excluding hydrogens is 361 g/mol. The first-order chi connectivity index (χ1) is 12.9. The minimum atomic E-state index is -4.68. The molecule has 2 N–H and O–H groups in total. The van der Waals surface area contributed by atoms with Gasteiger partial charge in [0.2, 0.25) is 0 Å². The number of nitriles is 1. The molecule has 0 spiro atoms. The van der Waals surface area contributed by atoms with E-state index in [0.717, 1.165) is 11.8 Å². The summed E-state index contributed by atoms with van der Waals surface area (Å²) in [6.07, 6.45) is -1.71. The van der Waals surface area contributed by atoms with Gasteiger partial charge >= 0.3 is 6.18 Å². The third-order valence-electron chi connectivity index (χ3n) is 3.61. The molecule has 136 valence electrons. The summed E-state index contributed by atoms with van der Waals surface area (Å²) in [4.78, 5) is 12.2. The first kappa shape index (κ1) is 17.9. The Morgan fingerprint density at radius 1 is 1.07 bits per heavy atom. The second kappa shape index (κ2) is 7.17. The number of halogens is 3. The van der Waals surface area contributed by atoms with Gasteiger partial charge in [0.25, 0.3) is 5.91 Å².